The van der Waals surface area contributed by atoms with Gasteiger partial charge in [-0.2, -0.15) is 4.98 Å². The van der Waals surface area contributed by atoms with E-state index in [0.717, 1.165) is 23.7 Å². The van der Waals surface area contributed by atoms with E-state index in [1.54, 1.807) is 6.07 Å². The Kier molecular flexibility index (Phi) is 5.17. The number of carbonyl (C=O) groups is 1. The van der Waals surface area contributed by atoms with E-state index < -0.39 is 29.4 Å². The molecule has 0 saturated carbocycles. The summed E-state index contributed by atoms with van der Waals surface area (Å²) in [6.45, 7) is 2.34. The molecule has 1 heterocycles. The number of aromatic nitrogens is 3. The second-order valence-corrected chi connectivity index (χ2v) is 6.33. The van der Waals surface area contributed by atoms with E-state index in [4.69, 9.17) is 0 Å². The van der Waals surface area contributed by atoms with Crippen LogP contribution in [0.2, 0.25) is 0 Å². The monoisotopic (exact) mass is 441 g/mol. The number of carbonyl (C=O) groups excluding carboxylic acids is 1. The molecule has 0 fully saturated rings. The molecular formula is C17H11BrF3N3O3. The van der Waals surface area contributed by atoms with Crippen LogP contribution in [0.3, 0.4) is 0 Å². The van der Waals surface area contributed by atoms with Crippen molar-refractivity contribution < 1.29 is 27.7 Å². The van der Waals surface area contributed by atoms with Gasteiger partial charge in [-0.15, -0.1) is 5.10 Å². The van der Waals surface area contributed by atoms with E-state index in [2.05, 4.69) is 35.8 Å². The molecule has 6 nitrogen and oxygen atoms in total. The normalized spacial score (nSPS) is 10.7. The van der Waals surface area contributed by atoms with Gasteiger partial charge in [0.05, 0.1) is 5.56 Å². The van der Waals surface area contributed by atoms with Crippen LogP contribution in [0.4, 0.5) is 13.2 Å². The standard InChI is InChI=1S/C17H11BrF3N3O3/c1-8-12(19)5-6-14(15(8)21)24-16(11-4-3-10(18)7-13(11)20)22-17(23-24)27-26-9(2)25/h3-7H,1-2H3. The highest BCUT2D eigenvalue weighted by Gasteiger charge is 2.22. The highest BCUT2D eigenvalue weighted by Crippen LogP contribution is 2.29. The predicted octanol–water partition coefficient (Wildman–Crippen LogP) is 4.28. The van der Waals surface area contributed by atoms with Gasteiger partial charge in [0.1, 0.15) is 17.3 Å². The molecule has 0 amide bonds. The summed E-state index contributed by atoms with van der Waals surface area (Å²) in [7, 11) is 0. The lowest BCUT2D eigenvalue weighted by molar-refractivity contribution is -0.214. The fraction of sp³-hybridized carbons (Fsp3) is 0.118. The molecule has 0 unspecified atom stereocenters. The maximum atomic E-state index is 14.6. The Hall–Kier alpha value is -2.88. The van der Waals surface area contributed by atoms with E-state index in [1.807, 2.05) is 0 Å². The molecule has 0 atom stereocenters. The number of benzene rings is 2. The largest absolute Gasteiger partial charge is 0.386 e. The molecule has 0 spiro atoms. The zero-order valence-electron chi connectivity index (χ0n) is 14.0. The summed E-state index contributed by atoms with van der Waals surface area (Å²) in [6.07, 6.45) is 0. The Bertz CT molecular complexity index is 1040. The fourth-order valence-corrected chi connectivity index (χ4v) is 2.58. The van der Waals surface area contributed by atoms with Gasteiger partial charge >= 0.3 is 12.0 Å². The van der Waals surface area contributed by atoms with Crippen LogP contribution < -0.4 is 4.89 Å². The Morgan fingerprint density at radius 2 is 1.89 bits per heavy atom. The number of halogens is 4. The number of nitrogens with zero attached hydrogens (tertiary/aromatic N) is 3. The highest BCUT2D eigenvalue weighted by atomic mass is 79.9. The third kappa shape index (κ3) is 3.80. The third-order valence-corrected chi connectivity index (χ3v) is 4.01. The van der Waals surface area contributed by atoms with Crippen LogP contribution in [0.1, 0.15) is 12.5 Å². The maximum absolute atomic E-state index is 14.6. The summed E-state index contributed by atoms with van der Waals surface area (Å²) in [6, 6.07) is 5.85. The van der Waals surface area contributed by atoms with Crippen LogP contribution in [-0.4, -0.2) is 20.7 Å². The molecule has 3 rings (SSSR count). The van der Waals surface area contributed by atoms with Crippen molar-refractivity contribution in [2.24, 2.45) is 0 Å². The maximum Gasteiger partial charge on any atom is 0.386 e. The van der Waals surface area contributed by atoms with Crippen LogP contribution >= 0.6 is 15.9 Å². The Morgan fingerprint density at radius 1 is 1.15 bits per heavy atom. The van der Waals surface area contributed by atoms with Crippen molar-refractivity contribution in [2.75, 3.05) is 0 Å². The van der Waals surface area contributed by atoms with Crippen molar-refractivity contribution in [1.29, 1.82) is 0 Å². The van der Waals surface area contributed by atoms with Gasteiger partial charge in [-0.1, -0.05) is 15.9 Å². The lowest BCUT2D eigenvalue weighted by atomic mass is 10.1. The summed E-state index contributed by atoms with van der Waals surface area (Å²) in [4.78, 5) is 23.9. The molecule has 0 radical (unpaired) electrons. The fourth-order valence-electron chi connectivity index (χ4n) is 2.25. The summed E-state index contributed by atoms with van der Waals surface area (Å²) >= 11 is 3.14. The highest BCUT2D eigenvalue weighted by molar-refractivity contribution is 9.10. The molecular weight excluding hydrogens is 431 g/mol. The molecule has 0 bridgehead atoms. The first-order valence-corrected chi connectivity index (χ1v) is 8.29. The Morgan fingerprint density at radius 3 is 2.56 bits per heavy atom. The lowest BCUT2D eigenvalue weighted by Crippen LogP contribution is -2.06. The zero-order valence-corrected chi connectivity index (χ0v) is 15.6. The molecule has 0 aliphatic rings. The summed E-state index contributed by atoms with van der Waals surface area (Å²) < 4.78 is 44.0. The first kappa shape index (κ1) is 18.9. The molecule has 140 valence electrons. The Balaban J connectivity index is 2.19. The minimum absolute atomic E-state index is 0.0234. The predicted molar refractivity (Wildman–Crippen MR) is 91.5 cm³/mol. The molecule has 0 aliphatic heterocycles. The second kappa shape index (κ2) is 7.39. The molecule has 0 N–H and O–H groups in total. The van der Waals surface area contributed by atoms with E-state index in [1.165, 1.54) is 19.1 Å². The number of hydrogen-bond acceptors (Lipinski definition) is 5. The minimum Gasteiger partial charge on any atom is -0.248 e. The van der Waals surface area contributed by atoms with Crippen LogP contribution in [-0.2, 0) is 9.68 Å². The van der Waals surface area contributed by atoms with Gasteiger partial charge in [-0.05, 0) is 37.3 Å². The van der Waals surface area contributed by atoms with E-state index in [-0.39, 0.29) is 22.6 Å². The third-order valence-electron chi connectivity index (χ3n) is 3.52. The zero-order chi connectivity index (χ0) is 19.7. The van der Waals surface area contributed by atoms with Gasteiger partial charge in [-0.3, -0.25) is 0 Å². The average molecular weight is 442 g/mol. The molecule has 0 saturated heterocycles. The van der Waals surface area contributed by atoms with Crippen molar-refractivity contribution in [3.8, 4) is 23.1 Å². The number of rotatable bonds is 4. The van der Waals surface area contributed by atoms with Gasteiger partial charge in [0.15, 0.2) is 11.6 Å². The molecule has 0 aliphatic carbocycles. The van der Waals surface area contributed by atoms with Crippen LogP contribution in [0.25, 0.3) is 17.1 Å². The molecule has 10 heteroatoms. The first-order chi connectivity index (χ1) is 12.8. The summed E-state index contributed by atoms with van der Waals surface area (Å²) in [5, 5.41) is 3.89. The first-order valence-electron chi connectivity index (χ1n) is 7.50. The van der Waals surface area contributed by atoms with E-state index >= 15 is 0 Å². The molecule has 3 aromatic rings. The van der Waals surface area contributed by atoms with E-state index in [0.29, 0.717) is 4.47 Å². The Labute approximate surface area is 159 Å². The van der Waals surface area contributed by atoms with Crippen LogP contribution in [0.15, 0.2) is 34.8 Å². The van der Waals surface area contributed by atoms with Crippen molar-refractivity contribution in [1.82, 2.24) is 14.8 Å². The van der Waals surface area contributed by atoms with Gasteiger partial charge in [0.2, 0.25) is 0 Å². The van der Waals surface area contributed by atoms with Crippen molar-refractivity contribution in [3.63, 3.8) is 0 Å². The average Bonchev–Trinajstić information content (AvgIpc) is 3.02. The quantitative estimate of drug-likeness (QED) is 0.446. The SMILES string of the molecule is CC(=O)OOc1nc(-c2ccc(Br)cc2F)n(-c2ccc(F)c(C)c2F)n1. The van der Waals surface area contributed by atoms with E-state index in [9.17, 15) is 18.0 Å². The molecule has 2 aromatic carbocycles. The van der Waals surface area contributed by atoms with Gasteiger partial charge < -0.3 is 0 Å². The van der Waals surface area contributed by atoms with Crippen molar-refractivity contribution in [3.05, 3.63) is 57.8 Å². The number of hydrogen-bond donors (Lipinski definition) is 0. The summed E-state index contributed by atoms with van der Waals surface area (Å²) in [5.74, 6) is -3.23. The minimum atomic E-state index is -0.905. The summed E-state index contributed by atoms with van der Waals surface area (Å²) in [5.41, 5.74) is -0.450. The smallest absolute Gasteiger partial charge is 0.248 e. The second-order valence-electron chi connectivity index (χ2n) is 5.42. The molecule has 1 aromatic heterocycles. The van der Waals surface area contributed by atoms with Crippen LogP contribution in [0, 0.1) is 24.4 Å². The van der Waals surface area contributed by atoms with Gasteiger partial charge in [0, 0.05) is 17.0 Å². The van der Waals surface area contributed by atoms with Crippen molar-refractivity contribution >= 4 is 21.9 Å². The topological polar surface area (TPSA) is 66.2 Å². The van der Waals surface area contributed by atoms with Gasteiger partial charge in [0.25, 0.3) is 0 Å². The molecule has 27 heavy (non-hydrogen) atoms. The lowest BCUT2D eigenvalue weighted by Gasteiger charge is -2.09. The van der Waals surface area contributed by atoms with Crippen molar-refractivity contribution in [2.45, 2.75) is 13.8 Å². The van der Waals surface area contributed by atoms with Crippen LogP contribution in [0.5, 0.6) is 6.01 Å². The van der Waals surface area contributed by atoms with Gasteiger partial charge in [-0.25, -0.2) is 32.4 Å².